The summed E-state index contributed by atoms with van der Waals surface area (Å²) < 4.78 is 5.47. The minimum Gasteiger partial charge on any atom is -0.507 e. The largest absolute Gasteiger partial charge is 0.507 e. The first kappa shape index (κ1) is 15.9. The Morgan fingerprint density at radius 2 is 1.90 bits per heavy atom. The van der Waals surface area contributed by atoms with Crippen LogP contribution in [0.3, 0.4) is 0 Å². The van der Waals surface area contributed by atoms with E-state index in [4.69, 9.17) is 16.0 Å². The van der Waals surface area contributed by atoms with Gasteiger partial charge in [0.25, 0.3) is 0 Å². The lowest BCUT2D eigenvalue weighted by Gasteiger charge is -2.21. The third-order valence-electron chi connectivity index (χ3n) is 3.44. The van der Waals surface area contributed by atoms with Crippen molar-refractivity contribution in [1.29, 1.82) is 0 Å². The maximum absolute atomic E-state index is 12.0. The first-order valence-corrected chi connectivity index (χ1v) is 7.60. The van der Waals surface area contributed by atoms with Gasteiger partial charge in [0, 0.05) is 6.54 Å². The van der Waals surface area contributed by atoms with Crippen LogP contribution in [-0.4, -0.2) is 23.1 Å². The van der Waals surface area contributed by atoms with E-state index in [9.17, 15) is 9.90 Å². The van der Waals surface area contributed by atoms with E-state index in [0.29, 0.717) is 23.1 Å². The molecule has 0 unspecified atom stereocenters. The molecule has 0 aliphatic rings. The Balaban J connectivity index is 2.49. The molecule has 1 heterocycles. The van der Waals surface area contributed by atoms with E-state index in [0.717, 1.165) is 25.9 Å². The molecule has 0 saturated heterocycles. The quantitative estimate of drug-likeness (QED) is 0.882. The molecule has 1 N–H and O–H groups in total. The van der Waals surface area contributed by atoms with Crippen LogP contribution >= 0.6 is 11.6 Å². The zero-order chi connectivity index (χ0) is 15.4. The van der Waals surface area contributed by atoms with E-state index >= 15 is 0 Å². The SMILES string of the molecule is CCCN(CCC)Cc1c(O)ccc2c(=O)c(Cl)coc12. The fourth-order valence-corrected chi connectivity index (χ4v) is 2.65. The summed E-state index contributed by atoms with van der Waals surface area (Å²) in [5.41, 5.74) is 0.793. The fraction of sp³-hybridized carbons (Fsp3) is 0.438. The summed E-state index contributed by atoms with van der Waals surface area (Å²) in [5.74, 6) is 0.144. The van der Waals surface area contributed by atoms with Gasteiger partial charge in [-0.1, -0.05) is 25.4 Å². The van der Waals surface area contributed by atoms with Gasteiger partial charge in [0.15, 0.2) is 0 Å². The van der Waals surface area contributed by atoms with Crippen LogP contribution in [-0.2, 0) is 6.54 Å². The average Bonchev–Trinajstić information content (AvgIpc) is 2.46. The minimum absolute atomic E-state index is 0.0538. The van der Waals surface area contributed by atoms with Crippen LogP contribution < -0.4 is 5.43 Å². The summed E-state index contributed by atoms with van der Waals surface area (Å²) in [7, 11) is 0. The Morgan fingerprint density at radius 1 is 1.24 bits per heavy atom. The molecule has 0 fully saturated rings. The Labute approximate surface area is 128 Å². The van der Waals surface area contributed by atoms with Crippen molar-refractivity contribution in [3.05, 3.63) is 39.2 Å². The van der Waals surface area contributed by atoms with E-state index in [1.807, 2.05) is 0 Å². The van der Waals surface area contributed by atoms with Crippen molar-refractivity contribution in [2.75, 3.05) is 13.1 Å². The number of hydrogen-bond acceptors (Lipinski definition) is 4. The number of benzene rings is 1. The molecule has 0 aliphatic heterocycles. The van der Waals surface area contributed by atoms with Crippen LogP contribution in [0.1, 0.15) is 32.3 Å². The molecule has 4 nitrogen and oxygen atoms in total. The summed E-state index contributed by atoms with van der Waals surface area (Å²) >= 11 is 5.81. The van der Waals surface area contributed by atoms with Gasteiger partial charge in [-0.25, -0.2) is 0 Å². The zero-order valence-electron chi connectivity index (χ0n) is 12.4. The molecule has 1 aromatic carbocycles. The van der Waals surface area contributed by atoms with Crippen LogP contribution in [0.15, 0.2) is 27.6 Å². The number of rotatable bonds is 6. The maximum atomic E-state index is 12.0. The Bertz CT molecular complexity index is 675. The van der Waals surface area contributed by atoms with E-state index in [-0.39, 0.29) is 16.2 Å². The number of nitrogens with zero attached hydrogens (tertiary/aromatic N) is 1. The van der Waals surface area contributed by atoms with Crippen LogP contribution in [0.5, 0.6) is 5.75 Å². The molecule has 5 heteroatoms. The lowest BCUT2D eigenvalue weighted by Crippen LogP contribution is -2.25. The molecule has 0 spiro atoms. The zero-order valence-corrected chi connectivity index (χ0v) is 13.1. The third kappa shape index (κ3) is 3.39. The van der Waals surface area contributed by atoms with E-state index < -0.39 is 0 Å². The molecular formula is C16H20ClNO3. The standard InChI is InChI=1S/C16H20ClNO3/c1-3-7-18(8-4-2)9-12-14(19)6-5-11-15(20)13(17)10-21-16(11)12/h5-6,10,19H,3-4,7-9H2,1-2H3. The Hall–Kier alpha value is -1.52. The minimum atomic E-state index is -0.267. The number of halogens is 1. The van der Waals surface area contributed by atoms with Crippen molar-refractivity contribution >= 4 is 22.6 Å². The summed E-state index contributed by atoms with van der Waals surface area (Å²) in [4.78, 5) is 14.3. The summed E-state index contributed by atoms with van der Waals surface area (Å²) in [6, 6.07) is 3.08. The van der Waals surface area contributed by atoms with Gasteiger partial charge in [-0.3, -0.25) is 9.69 Å². The molecule has 21 heavy (non-hydrogen) atoms. The van der Waals surface area contributed by atoms with Crippen molar-refractivity contribution in [2.24, 2.45) is 0 Å². The van der Waals surface area contributed by atoms with E-state index in [1.54, 1.807) is 6.07 Å². The predicted octanol–water partition coefficient (Wildman–Crippen LogP) is 3.77. The smallest absolute Gasteiger partial charge is 0.211 e. The van der Waals surface area contributed by atoms with Gasteiger partial charge in [-0.2, -0.15) is 0 Å². The molecule has 114 valence electrons. The molecule has 1 aromatic heterocycles. The Morgan fingerprint density at radius 3 is 2.52 bits per heavy atom. The monoisotopic (exact) mass is 309 g/mol. The molecule has 2 rings (SSSR count). The summed E-state index contributed by atoms with van der Waals surface area (Å²) in [5, 5.41) is 10.6. The van der Waals surface area contributed by atoms with Crippen LogP contribution in [0, 0.1) is 0 Å². The molecule has 0 saturated carbocycles. The van der Waals surface area contributed by atoms with Crippen molar-refractivity contribution in [1.82, 2.24) is 4.90 Å². The van der Waals surface area contributed by atoms with Gasteiger partial charge >= 0.3 is 0 Å². The highest BCUT2D eigenvalue weighted by atomic mass is 35.5. The number of fused-ring (bicyclic) bond motifs is 1. The molecule has 0 atom stereocenters. The van der Waals surface area contributed by atoms with Crippen molar-refractivity contribution in [2.45, 2.75) is 33.2 Å². The molecule has 0 radical (unpaired) electrons. The number of phenolic OH excluding ortho intramolecular Hbond substituents is 1. The van der Waals surface area contributed by atoms with Crippen LogP contribution in [0.2, 0.25) is 5.02 Å². The lowest BCUT2D eigenvalue weighted by atomic mass is 10.1. The highest BCUT2D eigenvalue weighted by Gasteiger charge is 2.16. The van der Waals surface area contributed by atoms with Crippen molar-refractivity contribution < 1.29 is 9.52 Å². The average molecular weight is 310 g/mol. The van der Waals surface area contributed by atoms with Gasteiger partial charge in [-0.05, 0) is 38.1 Å². The van der Waals surface area contributed by atoms with E-state index in [2.05, 4.69) is 18.7 Å². The first-order valence-electron chi connectivity index (χ1n) is 7.22. The molecule has 2 aromatic rings. The second-order valence-corrected chi connectivity index (χ2v) is 5.54. The topological polar surface area (TPSA) is 53.7 Å². The number of aromatic hydroxyl groups is 1. The second-order valence-electron chi connectivity index (χ2n) is 5.13. The fourth-order valence-electron chi connectivity index (χ4n) is 2.50. The maximum Gasteiger partial charge on any atom is 0.211 e. The summed E-state index contributed by atoms with van der Waals surface area (Å²) in [6.07, 6.45) is 3.29. The van der Waals surface area contributed by atoms with Crippen molar-refractivity contribution in [3.63, 3.8) is 0 Å². The van der Waals surface area contributed by atoms with Crippen molar-refractivity contribution in [3.8, 4) is 5.75 Å². The summed E-state index contributed by atoms with van der Waals surface area (Å²) in [6.45, 7) is 6.65. The van der Waals surface area contributed by atoms with Gasteiger partial charge in [0.2, 0.25) is 5.43 Å². The number of hydrogen-bond donors (Lipinski definition) is 1. The number of phenols is 1. The highest BCUT2D eigenvalue weighted by molar-refractivity contribution is 6.30. The van der Waals surface area contributed by atoms with Gasteiger partial charge in [0.05, 0.1) is 10.9 Å². The molecule has 0 amide bonds. The third-order valence-corrected chi connectivity index (χ3v) is 3.70. The van der Waals surface area contributed by atoms with Gasteiger partial charge < -0.3 is 9.52 Å². The van der Waals surface area contributed by atoms with Gasteiger partial charge in [-0.15, -0.1) is 0 Å². The normalized spacial score (nSPS) is 11.4. The highest BCUT2D eigenvalue weighted by Crippen LogP contribution is 2.28. The van der Waals surface area contributed by atoms with E-state index in [1.165, 1.54) is 12.3 Å². The lowest BCUT2D eigenvalue weighted by molar-refractivity contribution is 0.262. The first-order chi connectivity index (χ1) is 10.1. The Kier molecular flexibility index (Phi) is 5.26. The van der Waals surface area contributed by atoms with Crippen LogP contribution in [0.25, 0.3) is 11.0 Å². The van der Waals surface area contributed by atoms with Gasteiger partial charge in [0.1, 0.15) is 22.6 Å². The second kappa shape index (κ2) is 6.96. The molecular weight excluding hydrogens is 290 g/mol. The van der Waals surface area contributed by atoms with Crippen LogP contribution in [0.4, 0.5) is 0 Å². The molecule has 0 aliphatic carbocycles. The molecule has 0 bridgehead atoms. The predicted molar refractivity (Wildman–Crippen MR) is 85.0 cm³/mol.